The highest BCUT2D eigenvalue weighted by atomic mass is 32.1. The highest BCUT2D eigenvalue weighted by Crippen LogP contribution is 2.42. The van der Waals surface area contributed by atoms with Crippen LogP contribution < -0.4 is 9.47 Å². The molecule has 4 heterocycles. The number of benzene rings is 2. The van der Waals surface area contributed by atoms with Gasteiger partial charge in [0.25, 0.3) is 0 Å². The molecular formula is C27H24N2O3S. The lowest BCUT2D eigenvalue weighted by Gasteiger charge is -2.29. The van der Waals surface area contributed by atoms with Crippen molar-refractivity contribution in [2.24, 2.45) is 0 Å². The van der Waals surface area contributed by atoms with Crippen molar-refractivity contribution in [1.29, 1.82) is 0 Å². The minimum Gasteiger partial charge on any atom is -0.478 e. The summed E-state index contributed by atoms with van der Waals surface area (Å²) >= 11 is 1.78. The highest BCUT2D eigenvalue weighted by molar-refractivity contribution is 7.09. The second-order valence-electron chi connectivity index (χ2n) is 8.40. The molecule has 6 rings (SSSR count). The summed E-state index contributed by atoms with van der Waals surface area (Å²) in [5.74, 6) is 1.74. The number of hydrogen-bond donors (Lipinski definition) is 0. The quantitative estimate of drug-likeness (QED) is 0.360. The fourth-order valence-electron chi connectivity index (χ4n) is 4.66. The zero-order valence-corrected chi connectivity index (χ0v) is 19.2. The summed E-state index contributed by atoms with van der Waals surface area (Å²) < 4.78 is 14.4. The molecule has 4 aromatic rings. The van der Waals surface area contributed by atoms with Crippen LogP contribution in [-0.2, 0) is 19.5 Å². The molecule has 0 bridgehead atoms. The fraction of sp³-hybridized carbons (Fsp3) is 0.222. The topological polar surface area (TPSA) is 43.7 Å². The van der Waals surface area contributed by atoms with E-state index < -0.39 is 0 Å². The third kappa shape index (κ3) is 3.56. The van der Waals surface area contributed by atoms with Gasteiger partial charge in [-0.2, -0.15) is 0 Å². The van der Waals surface area contributed by atoms with Crippen LogP contribution in [0.2, 0.25) is 0 Å². The first-order chi connectivity index (χ1) is 16.2. The van der Waals surface area contributed by atoms with Crippen LogP contribution in [0.3, 0.4) is 0 Å². The molecule has 2 aromatic carbocycles. The molecule has 33 heavy (non-hydrogen) atoms. The number of rotatable bonds is 5. The minimum absolute atomic E-state index is 0.0724. The third-order valence-electron chi connectivity index (χ3n) is 6.38. The molecule has 0 saturated heterocycles. The van der Waals surface area contributed by atoms with Crippen LogP contribution in [0.4, 0.5) is 0 Å². The molecule has 0 aliphatic carbocycles. The molecule has 0 radical (unpaired) electrons. The molecule has 0 amide bonds. The summed E-state index contributed by atoms with van der Waals surface area (Å²) in [5.41, 5.74) is 3.72. The molecule has 0 spiro atoms. The van der Waals surface area contributed by atoms with E-state index in [1.807, 2.05) is 30.3 Å². The van der Waals surface area contributed by atoms with Gasteiger partial charge < -0.3 is 14.0 Å². The maximum absolute atomic E-state index is 13.2. The number of nitrogens with zero attached hydrogens (tertiary/aromatic N) is 2. The van der Waals surface area contributed by atoms with Crippen LogP contribution >= 0.6 is 11.3 Å². The largest absolute Gasteiger partial charge is 0.478 e. The van der Waals surface area contributed by atoms with E-state index in [0.29, 0.717) is 30.3 Å². The van der Waals surface area contributed by atoms with Crippen molar-refractivity contribution in [2.75, 3.05) is 13.3 Å². The Kier molecular flexibility index (Phi) is 5.04. The van der Waals surface area contributed by atoms with Crippen molar-refractivity contribution in [1.82, 2.24) is 9.47 Å². The summed E-state index contributed by atoms with van der Waals surface area (Å²) in [4.78, 5) is 16.8. The van der Waals surface area contributed by atoms with E-state index in [4.69, 9.17) is 9.47 Å². The smallest absolute Gasteiger partial charge is 0.231 e. The first kappa shape index (κ1) is 20.3. The van der Waals surface area contributed by atoms with Crippen molar-refractivity contribution in [3.05, 3.63) is 87.4 Å². The number of aromatic nitrogens is 1. The normalized spacial score (nSPS) is 16.6. The van der Waals surface area contributed by atoms with E-state index in [0.717, 1.165) is 47.3 Å². The Morgan fingerprint density at radius 2 is 2.03 bits per heavy atom. The zero-order chi connectivity index (χ0) is 22.4. The first-order valence-electron chi connectivity index (χ1n) is 11.3. The number of para-hydroxylation sites is 1. The Morgan fingerprint density at radius 3 is 2.88 bits per heavy atom. The first-order valence-corrected chi connectivity index (χ1v) is 12.1. The Labute approximate surface area is 196 Å². The Hall–Kier alpha value is -3.35. The minimum atomic E-state index is -0.0724. The molecule has 2 aliphatic heterocycles. The van der Waals surface area contributed by atoms with Crippen molar-refractivity contribution in [3.8, 4) is 11.5 Å². The van der Waals surface area contributed by atoms with E-state index in [9.17, 15) is 4.79 Å². The third-order valence-corrected chi connectivity index (χ3v) is 7.32. The Balaban J connectivity index is 1.30. The maximum atomic E-state index is 13.2. The number of Topliss-reactive ketones (excluding diaryl/α,β-unsaturated/α-hetero) is 1. The highest BCUT2D eigenvalue weighted by Gasteiger charge is 2.33. The predicted molar refractivity (Wildman–Crippen MR) is 131 cm³/mol. The monoisotopic (exact) mass is 456 g/mol. The van der Waals surface area contributed by atoms with Gasteiger partial charge in [0.05, 0.1) is 11.1 Å². The van der Waals surface area contributed by atoms with E-state index in [1.54, 1.807) is 11.3 Å². The molecule has 2 aliphatic rings. The summed E-state index contributed by atoms with van der Waals surface area (Å²) in [6.07, 6.45) is 4.95. The number of carbonyl (C=O) groups excluding carboxylic acids is 1. The van der Waals surface area contributed by atoms with Crippen LogP contribution in [-0.4, -0.2) is 28.5 Å². The van der Waals surface area contributed by atoms with Crippen LogP contribution in [0.15, 0.2) is 65.9 Å². The lowest BCUT2D eigenvalue weighted by Crippen LogP contribution is -2.33. The van der Waals surface area contributed by atoms with Crippen molar-refractivity contribution in [3.63, 3.8) is 0 Å². The number of hydrogen-bond acceptors (Lipinski definition) is 5. The molecule has 0 unspecified atom stereocenters. The van der Waals surface area contributed by atoms with E-state index >= 15 is 0 Å². The summed E-state index contributed by atoms with van der Waals surface area (Å²) in [5, 5.41) is 3.22. The fourth-order valence-corrected chi connectivity index (χ4v) is 5.36. The number of fused-ring (bicyclic) bond motifs is 4. The van der Waals surface area contributed by atoms with Gasteiger partial charge >= 0.3 is 0 Å². The molecule has 0 fully saturated rings. The number of ketones is 1. The van der Waals surface area contributed by atoms with Gasteiger partial charge in [-0.05, 0) is 49.1 Å². The molecular weight excluding hydrogens is 432 g/mol. The van der Waals surface area contributed by atoms with Crippen molar-refractivity contribution in [2.45, 2.75) is 26.4 Å². The standard InChI is InChI=1S/C27H24N2O3S/c1-2-29-15-18(20-7-3-4-8-23(20)29)14-25-26(30)21-9-10-24-22(27(21)32-25)16-28(17-31-24)12-11-19-6-5-13-33-19/h3-10,13-15H,2,11-12,16-17H2,1H3/b25-14-. The summed E-state index contributed by atoms with van der Waals surface area (Å²) in [7, 11) is 0. The van der Waals surface area contributed by atoms with Gasteiger partial charge in [0.15, 0.2) is 5.76 Å². The lowest BCUT2D eigenvalue weighted by molar-refractivity contribution is 0.0951. The van der Waals surface area contributed by atoms with Crippen LogP contribution in [0, 0.1) is 0 Å². The number of thiophene rings is 1. The molecule has 0 saturated carbocycles. The maximum Gasteiger partial charge on any atom is 0.231 e. The van der Waals surface area contributed by atoms with Gasteiger partial charge in [0.2, 0.25) is 5.78 Å². The van der Waals surface area contributed by atoms with Gasteiger partial charge in [0, 0.05) is 47.2 Å². The van der Waals surface area contributed by atoms with Crippen LogP contribution in [0.1, 0.15) is 33.3 Å². The van der Waals surface area contributed by atoms with Gasteiger partial charge in [-0.15, -0.1) is 11.3 Å². The average molecular weight is 457 g/mol. The number of aryl methyl sites for hydroxylation is 1. The molecule has 5 nitrogen and oxygen atoms in total. The number of ether oxygens (including phenoxy) is 2. The molecule has 166 valence electrons. The van der Waals surface area contributed by atoms with Crippen molar-refractivity contribution >= 4 is 34.1 Å². The second kappa shape index (κ2) is 8.21. The summed E-state index contributed by atoms with van der Waals surface area (Å²) in [6, 6.07) is 16.2. The van der Waals surface area contributed by atoms with Crippen LogP contribution in [0.25, 0.3) is 17.0 Å². The van der Waals surface area contributed by atoms with Gasteiger partial charge in [-0.3, -0.25) is 9.69 Å². The molecule has 2 aromatic heterocycles. The van der Waals surface area contributed by atoms with E-state index in [-0.39, 0.29) is 5.78 Å². The Bertz CT molecular complexity index is 1380. The SMILES string of the molecule is CCn1cc(/C=C2\Oc3c(ccc4c3CN(CCc3cccs3)CO4)C2=O)c2ccccc21. The molecule has 0 atom stereocenters. The number of allylic oxidation sites excluding steroid dienone is 1. The zero-order valence-electron chi connectivity index (χ0n) is 18.4. The lowest BCUT2D eigenvalue weighted by atomic mass is 10.0. The second-order valence-corrected chi connectivity index (χ2v) is 9.43. The van der Waals surface area contributed by atoms with Gasteiger partial charge in [-0.25, -0.2) is 0 Å². The van der Waals surface area contributed by atoms with Crippen molar-refractivity contribution < 1.29 is 14.3 Å². The van der Waals surface area contributed by atoms with E-state index in [2.05, 4.69) is 52.2 Å². The van der Waals surface area contributed by atoms with Gasteiger partial charge in [0.1, 0.15) is 18.2 Å². The predicted octanol–water partition coefficient (Wildman–Crippen LogP) is 5.73. The van der Waals surface area contributed by atoms with E-state index in [1.165, 1.54) is 4.88 Å². The van der Waals surface area contributed by atoms with Gasteiger partial charge in [-0.1, -0.05) is 24.3 Å². The Morgan fingerprint density at radius 1 is 1.12 bits per heavy atom. The average Bonchev–Trinajstić information content (AvgIpc) is 3.57. The summed E-state index contributed by atoms with van der Waals surface area (Å²) in [6.45, 7) is 5.14. The van der Waals surface area contributed by atoms with Crippen LogP contribution in [0.5, 0.6) is 11.5 Å². The molecule has 0 N–H and O–H groups in total. The number of carbonyl (C=O) groups is 1. The molecule has 6 heteroatoms.